The van der Waals surface area contributed by atoms with Gasteiger partial charge in [0.05, 0.1) is 22.2 Å². The van der Waals surface area contributed by atoms with Crippen molar-refractivity contribution in [2.75, 3.05) is 72.6 Å². The summed E-state index contributed by atoms with van der Waals surface area (Å²) in [7, 11) is -7.51. The molecule has 6 aromatic rings. The van der Waals surface area contributed by atoms with Crippen LogP contribution in [0, 0.1) is 0 Å². The van der Waals surface area contributed by atoms with Crippen molar-refractivity contribution < 1.29 is 36.5 Å². The van der Waals surface area contributed by atoms with Gasteiger partial charge in [-0.15, -0.1) is 0 Å². The fourth-order valence-electron chi connectivity index (χ4n) is 7.20. The van der Waals surface area contributed by atoms with E-state index in [0.29, 0.717) is 61.9 Å². The van der Waals surface area contributed by atoms with Gasteiger partial charge in [-0.3, -0.25) is 19.4 Å². The molecule has 0 amide bonds. The molecule has 4 aromatic carbocycles. The molecule has 6 rings (SSSR count). The van der Waals surface area contributed by atoms with Gasteiger partial charge in [-0.05, 0) is 147 Å². The molecule has 0 spiro atoms. The number of anilines is 4. The van der Waals surface area contributed by atoms with Crippen LogP contribution in [0.4, 0.5) is 22.7 Å². The molecule has 0 bridgehead atoms. The average molecular weight is 995 g/mol. The van der Waals surface area contributed by atoms with Crippen LogP contribution in [0.2, 0.25) is 0 Å². The summed E-state index contributed by atoms with van der Waals surface area (Å²) in [5.41, 5.74) is 4.76. The number of ether oxygens (including phenoxy) is 2. The van der Waals surface area contributed by atoms with Gasteiger partial charge < -0.3 is 41.0 Å². The van der Waals surface area contributed by atoms with Gasteiger partial charge in [0.25, 0.3) is 20.0 Å². The molecule has 2 heterocycles. The number of rotatable bonds is 33. The van der Waals surface area contributed by atoms with Crippen molar-refractivity contribution in [3.05, 3.63) is 157 Å². The predicted molar refractivity (Wildman–Crippen MR) is 277 cm³/mol. The minimum atomic E-state index is -3.76. The number of hydrogen-bond donors (Lipinski definition) is 8. The summed E-state index contributed by atoms with van der Waals surface area (Å²) in [6.07, 6.45) is 13.0. The zero-order valence-electron chi connectivity index (χ0n) is 39.4. The lowest BCUT2D eigenvalue weighted by Crippen LogP contribution is -2.32. The van der Waals surface area contributed by atoms with E-state index in [4.69, 9.17) is 9.47 Å². The van der Waals surface area contributed by atoms with Crippen LogP contribution in [0.25, 0.3) is 0 Å². The van der Waals surface area contributed by atoms with E-state index in [2.05, 4.69) is 40.7 Å². The number of aliphatic hydroxyl groups excluding tert-OH is 2. The Morgan fingerprint density at radius 3 is 1.20 bits per heavy atom. The summed E-state index contributed by atoms with van der Waals surface area (Å²) >= 11 is 0. The standard InChI is InChI=1S/C52H66N8O8S2/c61-47(39-67-49-9-7-29-53-37-49)35-55-33-27-41-11-15-45(16-12-41)59-69(63,64)51-23-19-43(20-24-51)57-31-5-3-1-2-4-6-32-58-44-21-25-52(26-22-44)70(65,66)60-46-17-13-42(14-18-46)28-34-56-36-48(62)40-68-50-10-8-30-54-38-50/h7-26,29-30,37-38,47-48,55-62H,1-6,27-28,31-36,39-40H2/t47-,48-/m1/s1. The van der Waals surface area contributed by atoms with Gasteiger partial charge in [0.2, 0.25) is 0 Å². The van der Waals surface area contributed by atoms with Crippen molar-refractivity contribution in [1.29, 1.82) is 0 Å². The molecule has 0 radical (unpaired) electrons. The Morgan fingerprint density at radius 2 is 0.829 bits per heavy atom. The molecule has 70 heavy (non-hydrogen) atoms. The molecule has 0 saturated heterocycles. The molecule has 0 unspecified atom stereocenters. The van der Waals surface area contributed by atoms with Crippen LogP contribution in [-0.4, -0.2) is 102 Å². The van der Waals surface area contributed by atoms with E-state index in [0.717, 1.165) is 74.1 Å². The maximum Gasteiger partial charge on any atom is 0.261 e. The smallest absolute Gasteiger partial charge is 0.261 e. The van der Waals surface area contributed by atoms with Gasteiger partial charge in [-0.1, -0.05) is 49.9 Å². The zero-order valence-corrected chi connectivity index (χ0v) is 41.0. The number of sulfonamides is 2. The number of nitrogens with zero attached hydrogens (tertiary/aromatic N) is 2. The van der Waals surface area contributed by atoms with Crippen molar-refractivity contribution in [2.45, 2.75) is 73.4 Å². The van der Waals surface area contributed by atoms with Crippen LogP contribution in [-0.2, 0) is 32.9 Å². The SMILES string of the molecule is O=S(=O)(Nc1ccc(CCNC[C@@H](O)COc2cccnc2)cc1)c1ccc(NCCCCCCCCNc2ccc(S(=O)(=O)Nc3ccc(CCNC[C@@H](O)COc4cccnc4)cc3)cc2)cc1. The van der Waals surface area contributed by atoms with Crippen LogP contribution < -0.4 is 40.2 Å². The first-order valence-electron chi connectivity index (χ1n) is 23.8. The second-order valence-electron chi connectivity index (χ2n) is 16.8. The van der Waals surface area contributed by atoms with Crippen LogP contribution in [0.5, 0.6) is 11.5 Å². The largest absolute Gasteiger partial charge is 0.489 e. The molecule has 2 atom stereocenters. The van der Waals surface area contributed by atoms with Crippen LogP contribution in [0.3, 0.4) is 0 Å². The van der Waals surface area contributed by atoms with Gasteiger partial charge in [0.1, 0.15) is 36.9 Å². The van der Waals surface area contributed by atoms with E-state index in [1.807, 2.05) is 24.3 Å². The van der Waals surface area contributed by atoms with Crippen molar-refractivity contribution in [3.63, 3.8) is 0 Å². The molecule has 0 aliphatic rings. The maximum atomic E-state index is 13.1. The summed E-state index contributed by atoms with van der Waals surface area (Å²) in [4.78, 5) is 8.34. The Hall–Kier alpha value is -6.28. The van der Waals surface area contributed by atoms with Gasteiger partial charge in [-0.2, -0.15) is 0 Å². The summed E-state index contributed by atoms with van der Waals surface area (Å²) < 4.78 is 68.7. The quantitative estimate of drug-likeness (QED) is 0.0193. The van der Waals surface area contributed by atoms with Crippen LogP contribution in [0.1, 0.15) is 49.7 Å². The van der Waals surface area contributed by atoms with Crippen LogP contribution >= 0.6 is 0 Å². The van der Waals surface area contributed by atoms with E-state index in [-0.39, 0.29) is 23.0 Å². The lowest BCUT2D eigenvalue weighted by Gasteiger charge is -2.13. The van der Waals surface area contributed by atoms with Crippen molar-refractivity contribution in [3.8, 4) is 11.5 Å². The molecule has 0 saturated carbocycles. The van der Waals surface area contributed by atoms with Crippen LogP contribution in [0.15, 0.2) is 156 Å². The van der Waals surface area contributed by atoms with E-state index >= 15 is 0 Å². The van der Waals surface area contributed by atoms with Gasteiger partial charge >= 0.3 is 0 Å². The molecule has 374 valence electrons. The third kappa shape index (κ3) is 19.3. The van der Waals surface area contributed by atoms with E-state index < -0.39 is 32.3 Å². The monoisotopic (exact) mass is 994 g/mol. The Balaban J connectivity index is 0.765. The fourth-order valence-corrected chi connectivity index (χ4v) is 9.32. The molecule has 0 aliphatic carbocycles. The Labute approximate surface area is 412 Å². The van der Waals surface area contributed by atoms with E-state index in [1.165, 1.54) is 0 Å². The highest BCUT2D eigenvalue weighted by molar-refractivity contribution is 7.93. The Bertz CT molecular complexity index is 2430. The number of aromatic nitrogens is 2. The molecule has 0 aliphatic heterocycles. The van der Waals surface area contributed by atoms with Crippen molar-refractivity contribution in [2.24, 2.45) is 0 Å². The summed E-state index contributed by atoms with van der Waals surface area (Å²) in [5, 5.41) is 33.5. The van der Waals surface area contributed by atoms with Crippen molar-refractivity contribution >= 4 is 42.8 Å². The van der Waals surface area contributed by atoms with Gasteiger partial charge in [0, 0.05) is 61.3 Å². The van der Waals surface area contributed by atoms with Gasteiger partial charge in [0.15, 0.2) is 0 Å². The fraction of sp³-hybridized carbons (Fsp3) is 0.346. The second kappa shape index (κ2) is 28.4. The number of unbranched alkanes of at least 4 members (excludes halogenated alkanes) is 5. The summed E-state index contributed by atoms with van der Waals surface area (Å²) in [6.45, 7) is 3.97. The highest BCUT2D eigenvalue weighted by Gasteiger charge is 2.16. The minimum Gasteiger partial charge on any atom is -0.489 e. The second-order valence-corrected chi connectivity index (χ2v) is 20.2. The number of pyridine rings is 2. The van der Waals surface area contributed by atoms with Crippen molar-refractivity contribution in [1.82, 2.24) is 20.6 Å². The normalized spacial score (nSPS) is 12.4. The molecule has 0 fully saturated rings. The van der Waals surface area contributed by atoms with E-state index in [9.17, 15) is 27.0 Å². The summed E-state index contributed by atoms with van der Waals surface area (Å²) in [6, 6.07) is 35.2. The van der Waals surface area contributed by atoms with E-state index in [1.54, 1.807) is 122 Å². The molecule has 8 N–H and O–H groups in total. The highest BCUT2D eigenvalue weighted by atomic mass is 32.2. The lowest BCUT2D eigenvalue weighted by molar-refractivity contribution is 0.106. The number of benzene rings is 4. The Kier molecular flexibility index (Phi) is 21.5. The molecule has 16 nitrogen and oxygen atoms in total. The molecular formula is C52H66N8O8S2. The Morgan fingerprint density at radius 1 is 0.457 bits per heavy atom. The summed E-state index contributed by atoms with van der Waals surface area (Å²) in [5.74, 6) is 1.22. The minimum absolute atomic E-state index is 0.164. The molecule has 2 aromatic heterocycles. The predicted octanol–water partition coefficient (Wildman–Crippen LogP) is 7.09. The lowest BCUT2D eigenvalue weighted by atomic mass is 10.1. The molecule has 18 heteroatoms. The highest BCUT2D eigenvalue weighted by Crippen LogP contribution is 2.21. The number of nitrogens with one attached hydrogen (secondary N) is 6. The molecular weight excluding hydrogens is 929 g/mol. The third-order valence-corrected chi connectivity index (χ3v) is 13.9. The topological polar surface area (TPSA) is 225 Å². The number of hydrogen-bond acceptors (Lipinski definition) is 14. The first-order valence-corrected chi connectivity index (χ1v) is 26.7. The third-order valence-electron chi connectivity index (χ3n) is 11.1. The first-order chi connectivity index (χ1) is 34.0. The first kappa shape index (κ1) is 53.1. The maximum absolute atomic E-state index is 13.1. The zero-order chi connectivity index (χ0) is 49.3. The average Bonchev–Trinajstić information content (AvgIpc) is 3.37. The number of aliphatic hydroxyl groups is 2. The van der Waals surface area contributed by atoms with Gasteiger partial charge in [-0.25, -0.2) is 16.8 Å².